The Morgan fingerprint density at radius 1 is 1.56 bits per heavy atom. The molecule has 2 aromatic heterocycles. The Kier molecular flexibility index (Phi) is 3.05. The van der Waals surface area contributed by atoms with Crippen molar-refractivity contribution in [1.82, 2.24) is 14.8 Å². The molecule has 1 unspecified atom stereocenters. The molecule has 0 saturated carbocycles. The van der Waals surface area contributed by atoms with Crippen LogP contribution < -0.4 is 0 Å². The van der Waals surface area contributed by atoms with Gasteiger partial charge in [-0.25, -0.2) is 4.98 Å². The van der Waals surface area contributed by atoms with Crippen molar-refractivity contribution in [3.63, 3.8) is 0 Å². The molecule has 16 heavy (non-hydrogen) atoms. The van der Waals surface area contributed by atoms with Crippen molar-refractivity contribution in [3.8, 4) is 0 Å². The van der Waals surface area contributed by atoms with E-state index >= 15 is 0 Å². The van der Waals surface area contributed by atoms with Gasteiger partial charge < -0.3 is 9.52 Å². The van der Waals surface area contributed by atoms with Crippen LogP contribution >= 0.6 is 0 Å². The van der Waals surface area contributed by atoms with E-state index in [2.05, 4.69) is 10.1 Å². The number of aromatic nitrogens is 3. The lowest BCUT2D eigenvalue weighted by molar-refractivity contribution is 0.172. The molecule has 0 radical (unpaired) electrons. The highest BCUT2D eigenvalue weighted by Crippen LogP contribution is 2.21. The largest absolute Gasteiger partial charge is 0.469 e. The fraction of sp³-hybridized carbons (Fsp3) is 0.455. The van der Waals surface area contributed by atoms with Crippen LogP contribution in [0.1, 0.15) is 30.2 Å². The molecule has 0 aliphatic heterocycles. The first-order chi connectivity index (χ1) is 7.72. The second-order valence-electron chi connectivity index (χ2n) is 3.64. The summed E-state index contributed by atoms with van der Waals surface area (Å²) < 4.78 is 6.93. The third-order valence-corrected chi connectivity index (χ3v) is 2.63. The smallest absolute Gasteiger partial charge is 0.138 e. The van der Waals surface area contributed by atoms with Crippen LogP contribution in [0.25, 0.3) is 0 Å². The van der Waals surface area contributed by atoms with Crippen LogP contribution in [0.4, 0.5) is 0 Å². The summed E-state index contributed by atoms with van der Waals surface area (Å²) in [6, 6.07) is 1.78. The van der Waals surface area contributed by atoms with Gasteiger partial charge in [-0.2, -0.15) is 5.10 Å². The summed E-state index contributed by atoms with van der Waals surface area (Å²) in [6.07, 6.45) is 2.95. The lowest BCUT2D eigenvalue weighted by Crippen LogP contribution is -2.09. The molecule has 2 aromatic rings. The molecule has 0 aliphatic rings. The summed E-state index contributed by atoms with van der Waals surface area (Å²) >= 11 is 0. The number of hydrogen-bond acceptors (Lipinski definition) is 4. The van der Waals surface area contributed by atoms with Crippen LogP contribution in [0.15, 0.2) is 23.1 Å². The van der Waals surface area contributed by atoms with Crippen molar-refractivity contribution in [3.05, 3.63) is 35.8 Å². The first-order valence-corrected chi connectivity index (χ1v) is 5.31. The number of rotatable bonds is 4. The van der Waals surface area contributed by atoms with E-state index in [9.17, 15) is 5.11 Å². The van der Waals surface area contributed by atoms with Gasteiger partial charge in [0.1, 0.15) is 17.9 Å². The first kappa shape index (κ1) is 10.9. The second kappa shape index (κ2) is 4.49. The molecule has 0 spiro atoms. The van der Waals surface area contributed by atoms with Gasteiger partial charge >= 0.3 is 0 Å². The third kappa shape index (κ3) is 1.99. The van der Waals surface area contributed by atoms with E-state index in [-0.39, 0.29) is 0 Å². The van der Waals surface area contributed by atoms with Gasteiger partial charge in [0.05, 0.1) is 12.4 Å². The average molecular weight is 221 g/mol. The molecule has 0 fully saturated rings. The van der Waals surface area contributed by atoms with Gasteiger partial charge in [0.2, 0.25) is 0 Å². The van der Waals surface area contributed by atoms with E-state index in [1.165, 1.54) is 6.33 Å². The number of hydrogen-bond donors (Lipinski definition) is 1. The lowest BCUT2D eigenvalue weighted by Gasteiger charge is -2.09. The molecular weight excluding hydrogens is 206 g/mol. The third-order valence-electron chi connectivity index (χ3n) is 2.63. The van der Waals surface area contributed by atoms with Crippen molar-refractivity contribution < 1.29 is 9.52 Å². The molecule has 1 N–H and O–H groups in total. The monoisotopic (exact) mass is 221 g/mol. The fourth-order valence-corrected chi connectivity index (χ4v) is 1.73. The summed E-state index contributed by atoms with van der Waals surface area (Å²) in [4.78, 5) is 4.13. The number of furan rings is 1. The van der Waals surface area contributed by atoms with Crippen LogP contribution in [-0.2, 0) is 13.0 Å². The maximum absolute atomic E-state index is 10.0. The SMILES string of the molecule is CCn1ncnc1CC(O)c1ccoc1C. The number of aliphatic hydroxyl groups is 1. The summed E-state index contributed by atoms with van der Waals surface area (Å²) in [5, 5.41) is 14.1. The molecule has 1 atom stereocenters. The highest BCUT2D eigenvalue weighted by molar-refractivity contribution is 5.19. The van der Waals surface area contributed by atoms with E-state index in [4.69, 9.17) is 4.42 Å². The van der Waals surface area contributed by atoms with Gasteiger partial charge in [-0.15, -0.1) is 0 Å². The predicted octanol–water partition coefficient (Wildman–Crippen LogP) is 1.48. The zero-order chi connectivity index (χ0) is 11.5. The summed E-state index contributed by atoms with van der Waals surface area (Å²) in [6.45, 7) is 4.59. The van der Waals surface area contributed by atoms with Crippen molar-refractivity contribution in [2.75, 3.05) is 0 Å². The molecule has 2 heterocycles. The normalized spacial score (nSPS) is 12.9. The van der Waals surface area contributed by atoms with Crippen LogP contribution in [0, 0.1) is 6.92 Å². The van der Waals surface area contributed by atoms with Crippen molar-refractivity contribution in [2.24, 2.45) is 0 Å². The van der Waals surface area contributed by atoms with Gasteiger partial charge in [0.15, 0.2) is 0 Å². The first-order valence-electron chi connectivity index (χ1n) is 5.31. The zero-order valence-electron chi connectivity index (χ0n) is 9.42. The number of aliphatic hydroxyl groups excluding tert-OH is 1. The van der Waals surface area contributed by atoms with Crippen molar-refractivity contribution in [2.45, 2.75) is 32.9 Å². The average Bonchev–Trinajstić information content (AvgIpc) is 2.86. The minimum Gasteiger partial charge on any atom is -0.469 e. The van der Waals surface area contributed by atoms with E-state index in [1.54, 1.807) is 17.0 Å². The maximum Gasteiger partial charge on any atom is 0.138 e. The Morgan fingerprint density at radius 2 is 2.38 bits per heavy atom. The number of nitrogens with zero attached hydrogens (tertiary/aromatic N) is 3. The van der Waals surface area contributed by atoms with E-state index in [0.717, 1.165) is 23.7 Å². The highest BCUT2D eigenvalue weighted by Gasteiger charge is 2.16. The van der Waals surface area contributed by atoms with Gasteiger partial charge in [0, 0.05) is 18.5 Å². The van der Waals surface area contributed by atoms with Gasteiger partial charge in [-0.1, -0.05) is 0 Å². The Bertz CT molecular complexity index is 461. The van der Waals surface area contributed by atoms with E-state index in [1.807, 2.05) is 13.8 Å². The fourth-order valence-electron chi connectivity index (χ4n) is 1.73. The van der Waals surface area contributed by atoms with Gasteiger partial charge in [-0.3, -0.25) is 4.68 Å². The molecule has 0 bridgehead atoms. The molecule has 5 nitrogen and oxygen atoms in total. The Hall–Kier alpha value is -1.62. The molecule has 2 rings (SSSR count). The Morgan fingerprint density at radius 3 is 3.00 bits per heavy atom. The van der Waals surface area contributed by atoms with Crippen LogP contribution in [0.3, 0.4) is 0 Å². The van der Waals surface area contributed by atoms with Crippen LogP contribution in [-0.4, -0.2) is 19.9 Å². The quantitative estimate of drug-likeness (QED) is 0.849. The standard InChI is InChI=1S/C11H15N3O2/c1-3-14-11(12-7-13-14)6-10(15)9-4-5-16-8(9)2/h4-5,7,10,15H,3,6H2,1-2H3. The second-order valence-corrected chi connectivity index (χ2v) is 3.64. The molecular formula is C11H15N3O2. The molecule has 0 saturated heterocycles. The summed E-state index contributed by atoms with van der Waals surface area (Å²) in [5.74, 6) is 1.53. The summed E-state index contributed by atoms with van der Waals surface area (Å²) in [5.41, 5.74) is 0.811. The molecule has 86 valence electrons. The molecule has 5 heteroatoms. The maximum atomic E-state index is 10.0. The Labute approximate surface area is 93.7 Å². The molecule has 0 amide bonds. The highest BCUT2D eigenvalue weighted by atomic mass is 16.3. The topological polar surface area (TPSA) is 64.1 Å². The van der Waals surface area contributed by atoms with Gasteiger partial charge in [0.25, 0.3) is 0 Å². The minimum atomic E-state index is -0.590. The van der Waals surface area contributed by atoms with Crippen molar-refractivity contribution in [1.29, 1.82) is 0 Å². The number of aryl methyl sites for hydroxylation is 2. The van der Waals surface area contributed by atoms with Crippen LogP contribution in [0.2, 0.25) is 0 Å². The van der Waals surface area contributed by atoms with E-state index in [0.29, 0.717) is 6.42 Å². The molecule has 0 aliphatic carbocycles. The van der Waals surface area contributed by atoms with E-state index < -0.39 is 6.10 Å². The molecule has 0 aromatic carbocycles. The summed E-state index contributed by atoms with van der Waals surface area (Å²) in [7, 11) is 0. The van der Waals surface area contributed by atoms with Crippen molar-refractivity contribution >= 4 is 0 Å². The predicted molar refractivity (Wildman–Crippen MR) is 57.8 cm³/mol. The minimum absolute atomic E-state index is 0.453. The Balaban J connectivity index is 2.13. The lowest BCUT2D eigenvalue weighted by atomic mass is 10.1. The van der Waals surface area contributed by atoms with Gasteiger partial charge in [-0.05, 0) is 19.9 Å². The van der Waals surface area contributed by atoms with Crippen LogP contribution in [0.5, 0.6) is 0 Å². The zero-order valence-corrected chi connectivity index (χ0v) is 9.42.